The van der Waals surface area contributed by atoms with Crippen molar-refractivity contribution in [1.82, 2.24) is 5.32 Å². The number of aliphatic hydroxyl groups is 2. The summed E-state index contributed by atoms with van der Waals surface area (Å²) in [4.78, 5) is 0. The van der Waals surface area contributed by atoms with E-state index in [4.69, 9.17) is 9.84 Å². The molecule has 0 spiro atoms. The summed E-state index contributed by atoms with van der Waals surface area (Å²) in [7, 11) is 0. The molecule has 3 N–H and O–H groups in total. The number of fused-ring (bicyclic) bond motifs is 1. The third-order valence-corrected chi connectivity index (χ3v) is 3.15. The van der Waals surface area contributed by atoms with Gasteiger partial charge in [0.05, 0.1) is 19.3 Å². The molecule has 1 aromatic rings. The summed E-state index contributed by atoms with van der Waals surface area (Å²) >= 11 is 0. The van der Waals surface area contributed by atoms with E-state index < -0.39 is 6.10 Å². The molecule has 4 heteroatoms. The maximum atomic E-state index is 9.18. The lowest BCUT2D eigenvalue weighted by Crippen LogP contribution is -2.30. The summed E-state index contributed by atoms with van der Waals surface area (Å²) in [6.45, 7) is 1.87. The minimum atomic E-state index is -0.665. The molecule has 1 unspecified atom stereocenters. The quantitative estimate of drug-likeness (QED) is 0.644. The topological polar surface area (TPSA) is 61.7 Å². The van der Waals surface area contributed by atoms with Crippen LogP contribution in [0, 0.1) is 0 Å². The summed E-state index contributed by atoms with van der Waals surface area (Å²) in [5.74, 6) is 1.02. The Kier molecular flexibility index (Phi) is 4.99. The Morgan fingerprint density at radius 1 is 1.39 bits per heavy atom. The molecule has 0 aliphatic carbocycles. The first-order chi connectivity index (χ1) is 8.79. The number of ether oxygens (including phenoxy) is 1. The molecule has 1 aliphatic heterocycles. The molecule has 0 saturated carbocycles. The molecule has 0 aromatic heterocycles. The molecule has 0 fully saturated rings. The average Bonchev–Trinajstić information content (AvgIpc) is 2.43. The van der Waals surface area contributed by atoms with Crippen molar-refractivity contribution in [2.24, 2.45) is 0 Å². The van der Waals surface area contributed by atoms with E-state index >= 15 is 0 Å². The van der Waals surface area contributed by atoms with Crippen molar-refractivity contribution in [2.45, 2.75) is 25.4 Å². The minimum absolute atomic E-state index is 0.191. The normalized spacial score (nSPS) is 15.9. The van der Waals surface area contributed by atoms with Gasteiger partial charge in [-0.2, -0.15) is 0 Å². The highest BCUT2D eigenvalue weighted by Gasteiger charge is 2.10. The maximum Gasteiger partial charge on any atom is 0.122 e. The number of nitrogens with one attached hydrogen (secondary N) is 1. The third-order valence-electron chi connectivity index (χ3n) is 3.15. The predicted octanol–water partition coefficient (Wildman–Crippen LogP) is 0.497. The van der Waals surface area contributed by atoms with Gasteiger partial charge in [0, 0.05) is 6.54 Å². The number of hydrogen-bond acceptors (Lipinski definition) is 4. The van der Waals surface area contributed by atoms with E-state index in [9.17, 15) is 5.11 Å². The van der Waals surface area contributed by atoms with Gasteiger partial charge in [0.25, 0.3) is 0 Å². The van der Waals surface area contributed by atoms with E-state index in [0.717, 1.165) is 38.2 Å². The molecule has 18 heavy (non-hydrogen) atoms. The van der Waals surface area contributed by atoms with Crippen molar-refractivity contribution >= 4 is 0 Å². The largest absolute Gasteiger partial charge is 0.493 e. The van der Waals surface area contributed by atoms with Crippen LogP contribution < -0.4 is 10.1 Å². The number of hydrogen-bond donors (Lipinski definition) is 3. The van der Waals surface area contributed by atoms with Crippen molar-refractivity contribution in [2.75, 3.05) is 26.3 Å². The zero-order valence-corrected chi connectivity index (χ0v) is 10.6. The summed E-state index contributed by atoms with van der Waals surface area (Å²) in [6, 6.07) is 6.35. The molecule has 100 valence electrons. The van der Waals surface area contributed by atoms with Crippen LogP contribution in [-0.2, 0) is 12.8 Å². The zero-order valence-electron chi connectivity index (χ0n) is 10.6. The standard InChI is InChI=1S/C14H21NO3/c16-10-13(17)9-15-6-5-11-3-4-14-12(8-11)2-1-7-18-14/h3-4,8,13,15-17H,1-2,5-7,9-10H2. The summed E-state index contributed by atoms with van der Waals surface area (Å²) in [5, 5.41) is 21.0. The highest BCUT2D eigenvalue weighted by Crippen LogP contribution is 2.25. The fourth-order valence-corrected chi connectivity index (χ4v) is 2.14. The van der Waals surface area contributed by atoms with Crippen LogP contribution in [0.25, 0.3) is 0 Å². The van der Waals surface area contributed by atoms with E-state index in [2.05, 4.69) is 17.4 Å². The minimum Gasteiger partial charge on any atom is -0.493 e. The molecule has 0 amide bonds. The Balaban J connectivity index is 1.79. The van der Waals surface area contributed by atoms with Crippen LogP contribution in [0.3, 0.4) is 0 Å². The van der Waals surface area contributed by atoms with Gasteiger partial charge in [-0.15, -0.1) is 0 Å². The van der Waals surface area contributed by atoms with Crippen molar-refractivity contribution in [3.63, 3.8) is 0 Å². The monoisotopic (exact) mass is 251 g/mol. The molecule has 2 rings (SSSR count). The summed E-state index contributed by atoms with van der Waals surface area (Å²) in [6.07, 6.45) is 2.45. The fourth-order valence-electron chi connectivity index (χ4n) is 2.14. The van der Waals surface area contributed by atoms with Gasteiger partial charge in [0.15, 0.2) is 0 Å². The molecule has 1 aliphatic rings. The van der Waals surface area contributed by atoms with Gasteiger partial charge in [0.2, 0.25) is 0 Å². The number of benzene rings is 1. The SMILES string of the molecule is OCC(O)CNCCc1ccc2c(c1)CCCO2. The Bertz CT molecular complexity index is 381. The number of rotatable bonds is 6. The lowest BCUT2D eigenvalue weighted by atomic mass is 10.0. The molecule has 0 saturated heterocycles. The van der Waals surface area contributed by atoms with E-state index in [0.29, 0.717) is 6.54 Å². The van der Waals surface area contributed by atoms with Gasteiger partial charge < -0.3 is 20.3 Å². The van der Waals surface area contributed by atoms with E-state index in [1.807, 2.05) is 6.07 Å². The van der Waals surface area contributed by atoms with Crippen LogP contribution in [0.5, 0.6) is 5.75 Å². The molecule has 4 nitrogen and oxygen atoms in total. The molecular formula is C14H21NO3. The van der Waals surface area contributed by atoms with Gasteiger partial charge in [0.1, 0.15) is 5.75 Å². The smallest absolute Gasteiger partial charge is 0.122 e. The summed E-state index contributed by atoms with van der Waals surface area (Å²) in [5.41, 5.74) is 2.58. The Labute approximate surface area is 108 Å². The molecule has 1 heterocycles. The van der Waals surface area contributed by atoms with Gasteiger partial charge in [-0.25, -0.2) is 0 Å². The Morgan fingerprint density at radius 3 is 3.11 bits per heavy atom. The van der Waals surface area contributed by atoms with Crippen LogP contribution in [0.4, 0.5) is 0 Å². The molecular weight excluding hydrogens is 230 g/mol. The third kappa shape index (κ3) is 3.70. The lowest BCUT2D eigenvalue weighted by molar-refractivity contribution is 0.0947. The van der Waals surface area contributed by atoms with Crippen molar-refractivity contribution in [3.8, 4) is 5.75 Å². The average molecular weight is 251 g/mol. The van der Waals surface area contributed by atoms with Gasteiger partial charge in [-0.1, -0.05) is 12.1 Å². The molecule has 1 atom stereocenters. The first-order valence-electron chi connectivity index (χ1n) is 6.54. The van der Waals surface area contributed by atoms with Crippen molar-refractivity contribution < 1.29 is 14.9 Å². The second-order valence-corrected chi connectivity index (χ2v) is 4.68. The highest BCUT2D eigenvalue weighted by molar-refractivity contribution is 5.38. The maximum absolute atomic E-state index is 9.18. The second-order valence-electron chi connectivity index (χ2n) is 4.68. The second kappa shape index (κ2) is 6.73. The van der Waals surface area contributed by atoms with E-state index in [-0.39, 0.29) is 6.61 Å². The first-order valence-corrected chi connectivity index (χ1v) is 6.54. The number of aryl methyl sites for hydroxylation is 1. The Hall–Kier alpha value is -1.10. The zero-order chi connectivity index (χ0) is 12.8. The summed E-state index contributed by atoms with van der Waals surface area (Å²) < 4.78 is 5.57. The van der Waals surface area contributed by atoms with Crippen LogP contribution in [0.2, 0.25) is 0 Å². The number of aliphatic hydroxyl groups excluding tert-OH is 2. The van der Waals surface area contributed by atoms with E-state index in [1.54, 1.807) is 0 Å². The van der Waals surface area contributed by atoms with Gasteiger partial charge >= 0.3 is 0 Å². The van der Waals surface area contributed by atoms with Gasteiger partial charge in [-0.05, 0) is 43.0 Å². The van der Waals surface area contributed by atoms with Crippen LogP contribution in [0.15, 0.2) is 18.2 Å². The lowest BCUT2D eigenvalue weighted by Gasteiger charge is -2.18. The Morgan fingerprint density at radius 2 is 2.28 bits per heavy atom. The predicted molar refractivity (Wildman–Crippen MR) is 69.9 cm³/mol. The first kappa shape index (κ1) is 13.3. The highest BCUT2D eigenvalue weighted by atomic mass is 16.5. The molecule has 1 aromatic carbocycles. The van der Waals surface area contributed by atoms with Crippen molar-refractivity contribution in [3.05, 3.63) is 29.3 Å². The van der Waals surface area contributed by atoms with E-state index in [1.165, 1.54) is 11.1 Å². The van der Waals surface area contributed by atoms with Crippen molar-refractivity contribution in [1.29, 1.82) is 0 Å². The fraction of sp³-hybridized carbons (Fsp3) is 0.571. The van der Waals surface area contributed by atoms with Gasteiger partial charge in [-0.3, -0.25) is 0 Å². The molecule has 0 bridgehead atoms. The van der Waals surface area contributed by atoms with Crippen LogP contribution in [0.1, 0.15) is 17.5 Å². The van der Waals surface area contributed by atoms with Crippen LogP contribution >= 0.6 is 0 Å². The molecule has 0 radical (unpaired) electrons. The van der Waals surface area contributed by atoms with Crippen LogP contribution in [-0.4, -0.2) is 42.6 Å².